The second-order valence-electron chi connectivity index (χ2n) is 10.2. The van der Waals surface area contributed by atoms with Gasteiger partial charge in [0.1, 0.15) is 22.5 Å². The molecule has 0 saturated carbocycles. The molecule has 8 nitrogen and oxygen atoms in total. The maximum absolute atomic E-state index is 13.3. The zero-order valence-corrected chi connectivity index (χ0v) is 22.8. The summed E-state index contributed by atoms with van der Waals surface area (Å²) in [5, 5.41) is 10.6. The summed E-state index contributed by atoms with van der Waals surface area (Å²) in [6.07, 6.45) is -1.13. The number of ether oxygens (including phenoxy) is 2. The molecule has 1 saturated heterocycles. The lowest BCUT2D eigenvalue weighted by Crippen LogP contribution is -2.47. The van der Waals surface area contributed by atoms with Gasteiger partial charge in [0.05, 0.1) is 19.3 Å². The van der Waals surface area contributed by atoms with Gasteiger partial charge >= 0.3 is 0 Å². The summed E-state index contributed by atoms with van der Waals surface area (Å²) in [5.74, 6) is 1.02. The molecule has 5 rings (SSSR count). The quantitative estimate of drug-likeness (QED) is 0.529. The van der Waals surface area contributed by atoms with E-state index in [9.17, 15) is 13.5 Å². The van der Waals surface area contributed by atoms with Crippen LogP contribution in [0.4, 0.5) is 0 Å². The third-order valence-corrected chi connectivity index (χ3v) is 8.79. The number of β-amino-alcohol motifs (C(OH)–C–C–N with tert-alkyl or cyclic N) is 1. The highest BCUT2D eigenvalue weighted by molar-refractivity contribution is 7.89. The van der Waals surface area contributed by atoms with Crippen LogP contribution >= 0.6 is 0 Å². The molecule has 0 spiro atoms. The Hall–Kier alpha value is -2.95. The molecule has 38 heavy (non-hydrogen) atoms. The number of methoxy groups -OCH3 is 1. The summed E-state index contributed by atoms with van der Waals surface area (Å²) < 4.78 is 41.1. The number of aliphatic hydroxyl groups excluding tert-OH is 1. The molecule has 2 aliphatic rings. The van der Waals surface area contributed by atoms with Gasteiger partial charge in [-0.1, -0.05) is 48.0 Å². The van der Waals surface area contributed by atoms with Gasteiger partial charge in [-0.2, -0.15) is 0 Å². The van der Waals surface area contributed by atoms with E-state index in [0.29, 0.717) is 24.6 Å². The predicted octanol–water partition coefficient (Wildman–Crippen LogP) is 2.89. The normalized spacial score (nSPS) is 24.1. The van der Waals surface area contributed by atoms with E-state index in [4.69, 9.17) is 9.47 Å². The number of fused-ring (bicyclic) bond motifs is 2. The minimum absolute atomic E-state index is 0.0239. The van der Waals surface area contributed by atoms with E-state index in [2.05, 4.69) is 45.7 Å². The van der Waals surface area contributed by atoms with Crippen LogP contribution in [0, 0.1) is 6.92 Å². The smallest absolute Gasteiger partial charge is 0.244 e. The van der Waals surface area contributed by atoms with E-state index in [1.54, 1.807) is 25.3 Å². The van der Waals surface area contributed by atoms with Crippen LogP contribution in [0.2, 0.25) is 0 Å². The molecular weight excluding hydrogens is 502 g/mol. The lowest BCUT2D eigenvalue weighted by Gasteiger charge is -2.30. The van der Waals surface area contributed by atoms with Gasteiger partial charge in [-0.3, -0.25) is 9.80 Å². The standard InChI is InChI=1S/C29H35N3O5S/c1-20-7-9-21(10-8-20)16-32-18-26-28(19-32)37-27-14-23(22-5-4-6-25(13-22)36-3)11-12-29(27)38(34,35)30-15-24(33)17-31(26)2/h4-14,24,26,28,30,33H,15-19H2,1-3H3/t24-,26+,28-/m0/s1. The molecule has 2 heterocycles. The highest BCUT2D eigenvalue weighted by Gasteiger charge is 2.39. The maximum Gasteiger partial charge on any atom is 0.244 e. The number of aliphatic hydroxyl groups is 1. The number of nitrogens with one attached hydrogen (secondary N) is 1. The molecule has 0 aromatic heterocycles. The zero-order chi connectivity index (χ0) is 26.9. The molecule has 0 unspecified atom stereocenters. The molecule has 0 radical (unpaired) electrons. The highest BCUT2D eigenvalue weighted by Crippen LogP contribution is 2.34. The van der Waals surface area contributed by atoms with Gasteiger partial charge < -0.3 is 14.6 Å². The number of likely N-dealkylation sites (tertiary alicyclic amines) is 1. The van der Waals surface area contributed by atoms with Gasteiger partial charge in [0.2, 0.25) is 10.0 Å². The van der Waals surface area contributed by atoms with Crippen LogP contribution in [0.1, 0.15) is 11.1 Å². The SMILES string of the molecule is COc1cccc(-c2ccc3c(c2)O[C@H]2CN(Cc4ccc(C)cc4)C[C@H]2N(C)C[C@@H](O)CNS3(=O)=O)c1. The fraction of sp³-hybridized carbons (Fsp3) is 0.379. The lowest BCUT2D eigenvalue weighted by atomic mass is 10.1. The second kappa shape index (κ2) is 11.0. The molecule has 2 aliphatic heterocycles. The highest BCUT2D eigenvalue weighted by atomic mass is 32.2. The number of hydrogen-bond acceptors (Lipinski definition) is 7. The van der Waals surface area contributed by atoms with Crippen molar-refractivity contribution in [1.29, 1.82) is 0 Å². The van der Waals surface area contributed by atoms with Crippen molar-refractivity contribution in [2.75, 3.05) is 40.3 Å². The van der Waals surface area contributed by atoms with Crippen molar-refractivity contribution in [3.63, 3.8) is 0 Å². The van der Waals surface area contributed by atoms with Crippen LogP contribution < -0.4 is 14.2 Å². The number of hydrogen-bond donors (Lipinski definition) is 2. The largest absolute Gasteiger partial charge is 0.497 e. The van der Waals surface area contributed by atoms with Crippen LogP contribution in [-0.4, -0.2) is 81.9 Å². The van der Waals surface area contributed by atoms with E-state index in [0.717, 1.165) is 24.2 Å². The molecular formula is C29H35N3O5S. The molecule has 202 valence electrons. The molecule has 9 heteroatoms. The fourth-order valence-electron chi connectivity index (χ4n) is 5.24. The summed E-state index contributed by atoms with van der Waals surface area (Å²) in [7, 11) is -0.333. The Morgan fingerprint density at radius 2 is 1.79 bits per heavy atom. The maximum atomic E-state index is 13.3. The van der Waals surface area contributed by atoms with Crippen LogP contribution in [0.15, 0.2) is 71.6 Å². The van der Waals surface area contributed by atoms with E-state index in [1.165, 1.54) is 11.1 Å². The summed E-state index contributed by atoms with van der Waals surface area (Å²) in [5.41, 5.74) is 4.15. The van der Waals surface area contributed by atoms with Crippen molar-refractivity contribution < 1.29 is 23.0 Å². The molecule has 2 N–H and O–H groups in total. The summed E-state index contributed by atoms with van der Waals surface area (Å²) in [4.78, 5) is 4.47. The van der Waals surface area contributed by atoms with E-state index in [1.807, 2.05) is 31.3 Å². The number of rotatable bonds is 4. The second-order valence-corrected chi connectivity index (χ2v) is 12.0. The van der Waals surface area contributed by atoms with Gasteiger partial charge in [-0.25, -0.2) is 13.1 Å². The van der Waals surface area contributed by atoms with Crippen LogP contribution in [0.5, 0.6) is 11.5 Å². The van der Waals surface area contributed by atoms with Crippen molar-refractivity contribution in [2.24, 2.45) is 0 Å². The summed E-state index contributed by atoms with van der Waals surface area (Å²) in [6, 6.07) is 21.2. The Kier molecular flexibility index (Phi) is 7.74. The average molecular weight is 538 g/mol. The summed E-state index contributed by atoms with van der Waals surface area (Å²) in [6.45, 7) is 4.47. The predicted molar refractivity (Wildman–Crippen MR) is 147 cm³/mol. The van der Waals surface area contributed by atoms with Crippen LogP contribution in [-0.2, 0) is 16.6 Å². The van der Waals surface area contributed by atoms with Crippen molar-refractivity contribution in [3.05, 3.63) is 77.9 Å². The number of sulfonamides is 1. The first-order valence-corrected chi connectivity index (χ1v) is 14.3. The van der Waals surface area contributed by atoms with Gasteiger partial charge in [0, 0.05) is 32.7 Å². The number of likely N-dealkylation sites (N-methyl/N-ethyl adjacent to an activating group) is 1. The van der Waals surface area contributed by atoms with Crippen molar-refractivity contribution in [1.82, 2.24) is 14.5 Å². The first-order valence-electron chi connectivity index (χ1n) is 12.8. The Labute approximate surface area is 224 Å². The van der Waals surface area contributed by atoms with Gasteiger partial charge in [-0.15, -0.1) is 0 Å². The molecule has 3 aromatic rings. The number of aryl methyl sites for hydroxylation is 1. The molecule has 0 amide bonds. The Morgan fingerprint density at radius 3 is 2.55 bits per heavy atom. The third-order valence-electron chi connectivity index (χ3n) is 7.33. The lowest BCUT2D eigenvalue weighted by molar-refractivity contribution is 0.0713. The number of benzene rings is 3. The monoisotopic (exact) mass is 537 g/mol. The van der Waals surface area contributed by atoms with Crippen LogP contribution in [0.25, 0.3) is 11.1 Å². The molecule has 0 aliphatic carbocycles. The zero-order valence-electron chi connectivity index (χ0n) is 22.0. The summed E-state index contributed by atoms with van der Waals surface area (Å²) >= 11 is 0. The first kappa shape index (κ1) is 26.6. The molecule has 1 fully saturated rings. The van der Waals surface area contributed by atoms with Crippen molar-refractivity contribution in [2.45, 2.75) is 36.6 Å². The van der Waals surface area contributed by atoms with E-state index < -0.39 is 16.1 Å². The third kappa shape index (κ3) is 5.87. The first-order chi connectivity index (χ1) is 18.2. The Morgan fingerprint density at radius 1 is 1.03 bits per heavy atom. The number of nitrogens with zero attached hydrogens (tertiary/aromatic N) is 2. The van der Waals surface area contributed by atoms with Crippen LogP contribution in [0.3, 0.4) is 0 Å². The van der Waals surface area contributed by atoms with E-state index >= 15 is 0 Å². The minimum Gasteiger partial charge on any atom is -0.497 e. The van der Waals surface area contributed by atoms with Crippen molar-refractivity contribution in [3.8, 4) is 22.6 Å². The average Bonchev–Trinajstić information content (AvgIpc) is 3.30. The molecule has 3 aromatic carbocycles. The Balaban J connectivity index is 1.51. The molecule has 3 atom stereocenters. The molecule has 0 bridgehead atoms. The van der Waals surface area contributed by atoms with Crippen molar-refractivity contribution >= 4 is 10.0 Å². The van der Waals surface area contributed by atoms with Gasteiger partial charge in [0.15, 0.2) is 0 Å². The van der Waals surface area contributed by atoms with E-state index in [-0.39, 0.29) is 23.6 Å². The Bertz CT molecular complexity index is 1380. The fourth-order valence-corrected chi connectivity index (χ4v) is 6.42. The van der Waals surface area contributed by atoms with Gasteiger partial charge in [-0.05, 0) is 54.9 Å². The topological polar surface area (TPSA) is 91.3 Å². The van der Waals surface area contributed by atoms with Gasteiger partial charge in [0.25, 0.3) is 0 Å². The minimum atomic E-state index is -3.91.